The van der Waals surface area contributed by atoms with Gasteiger partial charge in [-0.1, -0.05) is 18.2 Å². The molecule has 6 heteroatoms. The third-order valence-electron chi connectivity index (χ3n) is 5.10. The quantitative estimate of drug-likeness (QED) is 0.648. The Hall–Kier alpha value is -3.02. The van der Waals surface area contributed by atoms with E-state index in [-0.39, 0.29) is 12.2 Å². The van der Waals surface area contributed by atoms with Crippen LogP contribution in [0.4, 0.5) is 4.79 Å². The molecule has 1 fully saturated rings. The van der Waals surface area contributed by atoms with Gasteiger partial charge in [0.25, 0.3) is 0 Å². The van der Waals surface area contributed by atoms with Gasteiger partial charge in [-0.3, -0.25) is 5.10 Å². The second-order valence-corrected chi connectivity index (χ2v) is 7.02. The number of H-pyrrole nitrogens is 1. The van der Waals surface area contributed by atoms with Gasteiger partial charge in [0.2, 0.25) is 0 Å². The number of alkyl carbamates (subject to hydrolysis) is 1. The Labute approximate surface area is 150 Å². The van der Waals surface area contributed by atoms with E-state index in [0.29, 0.717) is 6.54 Å². The standard InChI is InChI=1S/C20H19N3O3/c24-19-21-9-8-20(6-7-20)26-15-4-5-17-16(11-15)18(23-22-17)14-3-1-2-13(10-14)12-25-19/h1-5,10-11H,6-9,12H2,(H,21,24)(H,22,23). The third-order valence-corrected chi connectivity index (χ3v) is 5.10. The van der Waals surface area contributed by atoms with Crippen LogP contribution in [0, 0.1) is 0 Å². The van der Waals surface area contributed by atoms with Gasteiger partial charge in [0.05, 0.1) is 5.52 Å². The Kier molecular flexibility index (Phi) is 3.38. The lowest BCUT2D eigenvalue weighted by molar-refractivity contribution is 0.134. The van der Waals surface area contributed by atoms with Gasteiger partial charge >= 0.3 is 6.09 Å². The van der Waals surface area contributed by atoms with Crippen molar-refractivity contribution in [1.29, 1.82) is 0 Å². The van der Waals surface area contributed by atoms with Crippen LogP contribution in [0.1, 0.15) is 24.8 Å². The fourth-order valence-electron chi connectivity index (χ4n) is 3.47. The largest absolute Gasteiger partial charge is 0.487 e. The molecule has 2 heterocycles. The van der Waals surface area contributed by atoms with Crippen LogP contribution in [0.25, 0.3) is 22.2 Å². The van der Waals surface area contributed by atoms with Crippen LogP contribution in [0.3, 0.4) is 0 Å². The van der Waals surface area contributed by atoms with Crippen LogP contribution >= 0.6 is 0 Å². The van der Waals surface area contributed by atoms with E-state index in [4.69, 9.17) is 9.47 Å². The number of hydrogen-bond acceptors (Lipinski definition) is 4. The first kappa shape index (κ1) is 15.3. The summed E-state index contributed by atoms with van der Waals surface area (Å²) in [5.74, 6) is 0.839. The van der Waals surface area contributed by atoms with Gasteiger partial charge in [0, 0.05) is 23.9 Å². The first-order valence-electron chi connectivity index (χ1n) is 8.88. The molecule has 1 aliphatic heterocycles. The highest BCUT2D eigenvalue weighted by Gasteiger charge is 2.45. The zero-order valence-electron chi connectivity index (χ0n) is 14.2. The SMILES string of the molecule is O=C1NCCC2(CC2)Oc2ccc3[nH]nc(c3c2)-c2cccc(c2)CO1. The monoisotopic (exact) mass is 349 g/mol. The minimum Gasteiger partial charge on any atom is -0.487 e. The van der Waals surface area contributed by atoms with Crippen LogP contribution in [0.15, 0.2) is 42.5 Å². The number of amides is 1. The maximum absolute atomic E-state index is 11.9. The number of nitrogens with one attached hydrogen (secondary N) is 2. The molecule has 1 saturated carbocycles. The number of fused-ring (bicyclic) bond motifs is 4. The van der Waals surface area contributed by atoms with Crippen molar-refractivity contribution in [3.05, 3.63) is 48.0 Å². The smallest absolute Gasteiger partial charge is 0.407 e. The van der Waals surface area contributed by atoms with Gasteiger partial charge in [0.1, 0.15) is 23.7 Å². The topological polar surface area (TPSA) is 76.2 Å². The molecule has 5 rings (SSSR count). The van der Waals surface area contributed by atoms with Gasteiger partial charge in [-0.25, -0.2) is 4.79 Å². The lowest BCUT2D eigenvalue weighted by Crippen LogP contribution is -2.30. The van der Waals surface area contributed by atoms with E-state index < -0.39 is 6.09 Å². The van der Waals surface area contributed by atoms with Crippen molar-refractivity contribution in [1.82, 2.24) is 15.5 Å². The van der Waals surface area contributed by atoms with Crippen molar-refractivity contribution in [2.45, 2.75) is 31.5 Å². The molecule has 0 unspecified atom stereocenters. The van der Waals surface area contributed by atoms with Crippen LogP contribution < -0.4 is 10.1 Å². The van der Waals surface area contributed by atoms with E-state index in [1.807, 2.05) is 36.4 Å². The van der Waals surface area contributed by atoms with Crippen LogP contribution in [-0.2, 0) is 11.3 Å². The van der Waals surface area contributed by atoms with E-state index >= 15 is 0 Å². The first-order chi connectivity index (χ1) is 12.7. The maximum Gasteiger partial charge on any atom is 0.407 e. The van der Waals surface area contributed by atoms with Crippen molar-refractivity contribution in [3.63, 3.8) is 0 Å². The van der Waals surface area contributed by atoms with Gasteiger partial charge in [0.15, 0.2) is 0 Å². The zero-order chi connectivity index (χ0) is 17.6. The number of benzene rings is 2. The number of hydrogen-bond donors (Lipinski definition) is 2. The third kappa shape index (κ3) is 2.77. The van der Waals surface area contributed by atoms with Gasteiger partial charge < -0.3 is 14.8 Å². The van der Waals surface area contributed by atoms with Crippen LogP contribution in [-0.4, -0.2) is 28.4 Å². The van der Waals surface area contributed by atoms with Gasteiger partial charge in [-0.15, -0.1) is 0 Å². The van der Waals surface area contributed by atoms with Gasteiger partial charge in [-0.05, 0) is 42.7 Å². The Bertz CT molecular complexity index is 991. The molecule has 132 valence electrons. The summed E-state index contributed by atoms with van der Waals surface area (Å²) in [5, 5.41) is 11.4. The normalized spacial score (nSPS) is 18.5. The molecule has 2 aromatic carbocycles. The van der Waals surface area contributed by atoms with Crippen molar-refractivity contribution in [2.24, 2.45) is 0 Å². The second kappa shape index (κ2) is 5.76. The molecule has 1 aromatic heterocycles. The Balaban J connectivity index is 1.60. The lowest BCUT2D eigenvalue weighted by Gasteiger charge is -2.18. The summed E-state index contributed by atoms with van der Waals surface area (Å²) in [6, 6.07) is 13.9. The van der Waals surface area contributed by atoms with E-state index in [1.54, 1.807) is 0 Å². The number of carbonyl (C=O) groups is 1. The molecular weight excluding hydrogens is 330 g/mol. The van der Waals surface area contributed by atoms with E-state index in [2.05, 4.69) is 21.6 Å². The minimum atomic E-state index is -0.399. The molecule has 0 atom stereocenters. The fraction of sp³-hybridized carbons (Fsp3) is 0.300. The summed E-state index contributed by atoms with van der Waals surface area (Å²) >= 11 is 0. The van der Waals surface area contributed by atoms with E-state index in [0.717, 1.165) is 52.7 Å². The van der Waals surface area contributed by atoms with Crippen molar-refractivity contribution >= 4 is 17.0 Å². The molecule has 26 heavy (non-hydrogen) atoms. The minimum absolute atomic E-state index is 0.178. The average Bonchev–Trinajstić information content (AvgIpc) is 3.27. The summed E-state index contributed by atoms with van der Waals surface area (Å²) in [6.07, 6.45) is 2.37. The highest BCUT2D eigenvalue weighted by Crippen LogP contribution is 2.43. The molecule has 6 nitrogen and oxygen atoms in total. The molecule has 0 radical (unpaired) electrons. The molecular formula is C20H19N3O3. The van der Waals surface area contributed by atoms with Crippen molar-refractivity contribution in [2.75, 3.05) is 6.54 Å². The number of carbonyl (C=O) groups excluding carboxylic acids is 1. The lowest BCUT2D eigenvalue weighted by atomic mass is 10.1. The molecule has 0 saturated heterocycles. The summed E-state index contributed by atoms with van der Waals surface area (Å²) in [5.41, 5.74) is 3.57. The molecule has 1 spiro atoms. The average molecular weight is 349 g/mol. The number of ether oxygens (including phenoxy) is 2. The number of nitrogens with zero attached hydrogens (tertiary/aromatic N) is 1. The zero-order valence-corrected chi connectivity index (χ0v) is 14.2. The highest BCUT2D eigenvalue weighted by molar-refractivity contribution is 5.93. The molecule has 2 N–H and O–H groups in total. The number of cyclic esters (lactones) is 1. The molecule has 3 aromatic rings. The number of aromatic amines is 1. The van der Waals surface area contributed by atoms with Crippen molar-refractivity contribution in [3.8, 4) is 17.0 Å². The summed E-state index contributed by atoms with van der Waals surface area (Å²) in [6.45, 7) is 0.771. The van der Waals surface area contributed by atoms with Crippen molar-refractivity contribution < 1.29 is 14.3 Å². The van der Waals surface area contributed by atoms with E-state index in [1.165, 1.54) is 0 Å². The molecule has 1 aliphatic carbocycles. The Morgan fingerprint density at radius 2 is 2.00 bits per heavy atom. The summed E-state index contributed by atoms with van der Waals surface area (Å²) < 4.78 is 11.6. The first-order valence-corrected chi connectivity index (χ1v) is 8.88. The fourth-order valence-corrected chi connectivity index (χ4v) is 3.47. The van der Waals surface area contributed by atoms with Gasteiger partial charge in [-0.2, -0.15) is 5.10 Å². The number of aromatic nitrogens is 2. The maximum atomic E-state index is 11.9. The molecule has 2 aliphatic rings. The predicted molar refractivity (Wildman–Crippen MR) is 96.9 cm³/mol. The summed E-state index contributed by atoms with van der Waals surface area (Å²) in [7, 11) is 0. The predicted octanol–water partition coefficient (Wildman–Crippen LogP) is 3.77. The van der Waals surface area contributed by atoms with Crippen LogP contribution in [0.5, 0.6) is 5.75 Å². The van der Waals surface area contributed by atoms with Crippen LogP contribution in [0.2, 0.25) is 0 Å². The number of rotatable bonds is 0. The second-order valence-electron chi connectivity index (χ2n) is 7.02. The Morgan fingerprint density at radius 3 is 2.88 bits per heavy atom. The molecule has 1 amide bonds. The van der Waals surface area contributed by atoms with E-state index in [9.17, 15) is 4.79 Å². The highest BCUT2D eigenvalue weighted by atomic mass is 16.5. The Morgan fingerprint density at radius 1 is 1.08 bits per heavy atom. The summed E-state index contributed by atoms with van der Waals surface area (Å²) in [4.78, 5) is 11.9. The molecule has 4 bridgehead atoms.